The van der Waals surface area contributed by atoms with E-state index in [0.717, 1.165) is 10.5 Å². The van der Waals surface area contributed by atoms with Crippen molar-refractivity contribution in [3.63, 3.8) is 0 Å². The molecular weight excluding hydrogens is 386 g/mol. The largest absolute Gasteiger partial charge is 0.484 e. The van der Waals surface area contributed by atoms with Gasteiger partial charge < -0.3 is 15.4 Å². The normalized spacial score (nSPS) is 12.5. The number of amides is 4. The van der Waals surface area contributed by atoms with E-state index in [1.54, 1.807) is 36.4 Å². The highest BCUT2D eigenvalue weighted by atomic mass is 16.5. The maximum Gasteiger partial charge on any atom is 0.261 e. The first kappa shape index (κ1) is 21.0. The second-order valence-electron chi connectivity index (χ2n) is 6.86. The number of carbonyl (C=O) groups excluding carboxylic acids is 4. The van der Waals surface area contributed by atoms with Crippen LogP contribution in [0.5, 0.6) is 5.75 Å². The van der Waals surface area contributed by atoms with E-state index in [-0.39, 0.29) is 56.3 Å². The maximum atomic E-state index is 12.2. The molecule has 156 valence electrons. The van der Waals surface area contributed by atoms with Crippen molar-refractivity contribution in [1.29, 1.82) is 0 Å². The standard InChI is InChI=1S/C22H23N3O5/c1-15-6-8-16(9-7-15)30-14-20(27)24-12-11-23-19(26)10-13-25-21(28)17-4-2-3-5-18(17)22(25)29/h2-9H,10-14H2,1H3,(H,23,26)(H,24,27). The van der Waals surface area contributed by atoms with E-state index in [2.05, 4.69) is 10.6 Å². The number of carbonyl (C=O) groups is 4. The number of nitrogens with one attached hydrogen (secondary N) is 2. The van der Waals surface area contributed by atoms with Crippen molar-refractivity contribution < 1.29 is 23.9 Å². The molecule has 30 heavy (non-hydrogen) atoms. The number of hydrogen-bond acceptors (Lipinski definition) is 5. The summed E-state index contributed by atoms with van der Waals surface area (Å²) in [5.74, 6) is -0.766. The number of nitrogens with zero attached hydrogens (tertiary/aromatic N) is 1. The second kappa shape index (κ2) is 9.69. The molecule has 0 radical (unpaired) electrons. The molecule has 0 bridgehead atoms. The topological polar surface area (TPSA) is 105 Å². The summed E-state index contributed by atoms with van der Waals surface area (Å²) in [5.41, 5.74) is 1.82. The van der Waals surface area contributed by atoms with Crippen LogP contribution in [0.15, 0.2) is 48.5 Å². The van der Waals surface area contributed by atoms with Crippen molar-refractivity contribution in [3.8, 4) is 5.75 Å². The molecule has 1 aliphatic rings. The van der Waals surface area contributed by atoms with Crippen LogP contribution in [0.3, 0.4) is 0 Å². The summed E-state index contributed by atoms with van der Waals surface area (Å²) < 4.78 is 5.37. The van der Waals surface area contributed by atoms with Crippen LogP contribution in [0.25, 0.3) is 0 Å². The Hall–Kier alpha value is -3.68. The zero-order chi connectivity index (χ0) is 21.5. The molecule has 4 amide bonds. The van der Waals surface area contributed by atoms with Crippen LogP contribution < -0.4 is 15.4 Å². The van der Waals surface area contributed by atoms with Gasteiger partial charge in [-0.3, -0.25) is 24.1 Å². The molecule has 0 fully saturated rings. The smallest absolute Gasteiger partial charge is 0.261 e. The first-order valence-electron chi connectivity index (χ1n) is 9.64. The lowest BCUT2D eigenvalue weighted by molar-refractivity contribution is -0.124. The molecule has 2 aromatic rings. The Morgan fingerprint density at radius 2 is 1.43 bits per heavy atom. The second-order valence-corrected chi connectivity index (χ2v) is 6.86. The van der Waals surface area contributed by atoms with Gasteiger partial charge in [0.15, 0.2) is 6.61 Å². The van der Waals surface area contributed by atoms with Gasteiger partial charge in [-0.2, -0.15) is 0 Å². The Labute approximate surface area is 174 Å². The summed E-state index contributed by atoms with van der Waals surface area (Å²) in [6.07, 6.45) is -0.00402. The van der Waals surface area contributed by atoms with E-state index in [4.69, 9.17) is 4.74 Å². The minimum Gasteiger partial charge on any atom is -0.484 e. The third-order valence-electron chi connectivity index (χ3n) is 4.60. The highest BCUT2D eigenvalue weighted by Crippen LogP contribution is 2.22. The Morgan fingerprint density at radius 1 is 0.867 bits per heavy atom. The summed E-state index contributed by atoms with van der Waals surface area (Å²) in [6, 6.07) is 14.0. The molecule has 0 unspecified atom stereocenters. The Morgan fingerprint density at radius 3 is 2.03 bits per heavy atom. The Kier molecular flexibility index (Phi) is 6.79. The zero-order valence-corrected chi connectivity index (χ0v) is 16.6. The fraction of sp³-hybridized carbons (Fsp3) is 0.273. The molecule has 0 spiro atoms. The van der Waals surface area contributed by atoms with Crippen molar-refractivity contribution in [2.75, 3.05) is 26.2 Å². The number of imide groups is 1. The molecule has 3 rings (SSSR count). The predicted octanol–water partition coefficient (Wildman–Crippen LogP) is 1.29. The Balaban J connectivity index is 1.31. The van der Waals surface area contributed by atoms with Gasteiger partial charge in [-0.05, 0) is 31.2 Å². The minimum atomic E-state index is -0.385. The van der Waals surface area contributed by atoms with Crippen molar-refractivity contribution in [2.24, 2.45) is 0 Å². The average Bonchev–Trinajstić information content (AvgIpc) is 2.99. The molecule has 2 aromatic carbocycles. The highest BCUT2D eigenvalue weighted by molar-refractivity contribution is 6.21. The molecule has 0 atom stereocenters. The van der Waals surface area contributed by atoms with Crippen molar-refractivity contribution in [3.05, 3.63) is 65.2 Å². The van der Waals surface area contributed by atoms with Gasteiger partial charge in [0.05, 0.1) is 11.1 Å². The van der Waals surface area contributed by atoms with Gasteiger partial charge in [-0.15, -0.1) is 0 Å². The third kappa shape index (κ3) is 5.22. The monoisotopic (exact) mass is 409 g/mol. The summed E-state index contributed by atoms with van der Waals surface area (Å²) in [7, 11) is 0. The highest BCUT2D eigenvalue weighted by Gasteiger charge is 2.34. The zero-order valence-electron chi connectivity index (χ0n) is 16.6. The van der Waals surface area contributed by atoms with E-state index in [1.807, 2.05) is 19.1 Å². The minimum absolute atomic E-state index is 0.00402. The van der Waals surface area contributed by atoms with E-state index in [0.29, 0.717) is 16.9 Å². The fourth-order valence-corrected chi connectivity index (χ4v) is 2.98. The van der Waals surface area contributed by atoms with Gasteiger partial charge in [0.1, 0.15) is 5.75 Å². The molecule has 8 nitrogen and oxygen atoms in total. The molecular formula is C22H23N3O5. The molecule has 0 saturated heterocycles. The van der Waals surface area contributed by atoms with E-state index >= 15 is 0 Å². The van der Waals surface area contributed by atoms with Crippen LogP contribution in [0.2, 0.25) is 0 Å². The van der Waals surface area contributed by atoms with Gasteiger partial charge in [0.25, 0.3) is 17.7 Å². The molecule has 1 aliphatic heterocycles. The number of hydrogen-bond donors (Lipinski definition) is 2. The van der Waals surface area contributed by atoms with Crippen molar-refractivity contribution in [1.82, 2.24) is 15.5 Å². The molecule has 0 aliphatic carbocycles. The first-order valence-corrected chi connectivity index (χ1v) is 9.64. The molecule has 1 heterocycles. The number of fused-ring (bicyclic) bond motifs is 1. The maximum absolute atomic E-state index is 12.2. The first-order chi connectivity index (χ1) is 14.5. The average molecular weight is 409 g/mol. The third-order valence-corrected chi connectivity index (χ3v) is 4.60. The van der Waals surface area contributed by atoms with Crippen LogP contribution >= 0.6 is 0 Å². The number of aryl methyl sites for hydroxylation is 1. The number of ether oxygens (including phenoxy) is 1. The molecule has 0 aromatic heterocycles. The van der Waals surface area contributed by atoms with E-state index in [9.17, 15) is 19.2 Å². The van der Waals surface area contributed by atoms with Gasteiger partial charge >= 0.3 is 0 Å². The summed E-state index contributed by atoms with van der Waals surface area (Å²) in [4.78, 5) is 49.3. The number of rotatable bonds is 9. The lowest BCUT2D eigenvalue weighted by atomic mass is 10.1. The quantitative estimate of drug-likeness (QED) is 0.480. The SMILES string of the molecule is Cc1ccc(OCC(=O)NCCNC(=O)CCN2C(=O)c3ccccc3C2=O)cc1. The summed E-state index contributed by atoms with van der Waals surface area (Å²) in [5, 5.41) is 5.29. The molecule has 0 saturated carbocycles. The van der Waals surface area contributed by atoms with Crippen LogP contribution in [-0.4, -0.2) is 54.8 Å². The summed E-state index contributed by atoms with van der Waals surface area (Å²) in [6.45, 7) is 2.34. The Bertz CT molecular complexity index is 921. The van der Waals surface area contributed by atoms with Crippen LogP contribution in [0, 0.1) is 6.92 Å². The van der Waals surface area contributed by atoms with Gasteiger partial charge in [-0.1, -0.05) is 29.8 Å². The van der Waals surface area contributed by atoms with Crippen LogP contribution in [0.1, 0.15) is 32.7 Å². The van der Waals surface area contributed by atoms with Gasteiger partial charge in [0, 0.05) is 26.1 Å². The summed E-state index contributed by atoms with van der Waals surface area (Å²) >= 11 is 0. The van der Waals surface area contributed by atoms with Gasteiger partial charge in [0.2, 0.25) is 5.91 Å². The van der Waals surface area contributed by atoms with E-state index in [1.165, 1.54) is 0 Å². The molecule has 8 heteroatoms. The van der Waals surface area contributed by atoms with Gasteiger partial charge in [-0.25, -0.2) is 0 Å². The van der Waals surface area contributed by atoms with Crippen LogP contribution in [-0.2, 0) is 9.59 Å². The lowest BCUT2D eigenvalue weighted by Gasteiger charge is -2.13. The predicted molar refractivity (Wildman–Crippen MR) is 109 cm³/mol. The van der Waals surface area contributed by atoms with Crippen molar-refractivity contribution >= 4 is 23.6 Å². The van der Waals surface area contributed by atoms with E-state index < -0.39 is 0 Å². The van der Waals surface area contributed by atoms with Crippen molar-refractivity contribution in [2.45, 2.75) is 13.3 Å². The van der Waals surface area contributed by atoms with Crippen LogP contribution in [0.4, 0.5) is 0 Å². The fourth-order valence-electron chi connectivity index (χ4n) is 2.98. The number of benzene rings is 2. The lowest BCUT2D eigenvalue weighted by Crippen LogP contribution is -2.38. The molecule has 2 N–H and O–H groups in total.